The molecular formula is C23H33N3O2. The Labute approximate surface area is 168 Å². The van der Waals surface area contributed by atoms with Crippen molar-refractivity contribution >= 4 is 5.91 Å². The summed E-state index contributed by atoms with van der Waals surface area (Å²) in [6.45, 7) is 8.91. The van der Waals surface area contributed by atoms with Crippen LogP contribution in [0.2, 0.25) is 0 Å². The van der Waals surface area contributed by atoms with E-state index in [2.05, 4.69) is 35.0 Å². The number of rotatable bonds is 8. The van der Waals surface area contributed by atoms with Gasteiger partial charge in [-0.15, -0.1) is 0 Å². The van der Waals surface area contributed by atoms with Gasteiger partial charge in [-0.3, -0.25) is 4.79 Å². The summed E-state index contributed by atoms with van der Waals surface area (Å²) < 4.78 is 5.33. The SMILES string of the molecule is CCN(C[C@@H]1CCCN(CCc2cccc(OC)c2)C1)C(=O)c1cc[nH]c1C. The first-order valence-corrected chi connectivity index (χ1v) is 10.4. The topological polar surface area (TPSA) is 48.6 Å². The third-order valence-corrected chi connectivity index (χ3v) is 5.79. The Balaban J connectivity index is 1.53. The molecule has 5 nitrogen and oxygen atoms in total. The predicted molar refractivity (Wildman–Crippen MR) is 113 cm³/mol. The Morgan fingerprint density at radius 2 is 2.21 bits per heavy atom. The molecule has 152 valence electrons. The number of ether oxygens (including phenoxy) is 1. The fourth-order valence-corrected chi connectivity index (χ4v) is 4.14. The number of nitrogens with zero attached hydrogens (tertiary/aromatic N) is 2. The summed E-state index contributed by atoms with van der Waals surface area (Å²) in [5, 5.41) is 0. The number of aromatic amines is 1. The summed E-state index contributed by atoms with van der Waals surface area (Å²) in [4.78, 5) is 20.5. The van der Waals surface area contributed by atoms with Crippen molar-refractivity contribution in [3.8, 4) is 5.75 Å². The highest BCUT2D eigenvalue weighted by Crippen LogP contribution is 2.20. The second-order valence-electron chi connectivity index (χ2n) is 7.77. The molecule has 2 heterocycles. The second kappa shape index (κ2) is 9.78. The number of nitrogens with one attached hydrogen (secondary N) is 1. The van der Waals surface area contributed by atoms with Gasteiger partial charge in [0.2, 0.25) is 0 Å². The largest absolute Gasteiger partial charge is 0.497 e. The second-order valence-corrected chi connectivity index (χ2v) is 7.77. The number of H-pyrrole nitrogens is 1. The van der Waals surface area contributed by atoms with E-state index in [0.29, 0.717) is 5.92 Å². The van der Waals surface area contributed by atoms with E-state index in [1.165, 1.54) is 18.4 Å². The van der Waals surface area contributed by atoms with Crippen molar-refractivity contribution in [3.63, 3.8) is 0 Å². The van der Waals surface area contributed by atoms with Gasteiger partial charge < -0.3 is 19.5 Å². The summed E-state index contributed by atoms with van der Waals surface area (Å²) in [5.74, 6) is 1.61. The van der Waals surface area contributed by atoms with Crippen molar-refractivity contribution < 1.29 is 9.53 Å². The molecule has 0 bridgehead atoms. The number of carbonyl (C=O) groups excluding carboxylic acids is 1. The molecular weight excluding hydrogens is 350 g/mol. The van der Waals surface area contributed by atoms with Crippen molar-refractivity contribution in [1.82, 2.24) is 14.8 Å². The number of hydrogen-bond donors (Lipinski definition) is 1. The summed E-state index contributed by atoms with van der Waals surface area (Å²) in [5.41, 5.74) is 3.06. The summed E-state index contributed by atoms with van der Waals surface area (Å²) >= 11 is 0. The molecule has 3 rings (SSSR count). The number of carbonyl (C=O) groups is 1. The van der Waals surface area contributed by atoms with Crippen LogP contribution in [0.25, 0.3) is 0 Å². The van der Waals surface area contributed by atoms with Crippen molar-refractivity contribution in [3.05, 3.63) is 53.3 Å². The molecule has 1 amide bonds. The van der Waals surface area contributed by atoms with Gasteiger partial charge in [0, 0.05) is 38.1 Å². The van der Waals surface area contributed by atoms with Gasteiger partial charge in [0.15, 0.2) is 0 Å². The highest BCUT2D eigenvalue weighted by Gasteiger charge is 2.25. The first-order chi connectivity index (χ1) is 13.6. The van der Waals surface area contributed by atoms with Crippen molar-refractivity contribution in [2.75, 3.05) is 39.8 Å². The van der Waals surface area contributed by atoms with E-state index < -0.39 is 0 Å². The van der Waals surface area contributed by atoms with Crippen molar-refractivity contribution in [2.45, 2.75) is 33.1 Å². The van der Waals surface area contributed by atoms with Crippen LogP contribution in [-0.4, -0.2) is 60.5 Å². The van der Waals surface area contributed by atoms with Gasteiger partial charge in [-0.25, -0.2) is 0 Å². The number of hydrogen-bond acceptors (Lipinski definition) is 3. The molecule has 0 radical (unpaired) electrons. The number of aryl methyl sites for hydroxylation is 1. The van der Waals surface area contributed by atoms with Gasteiger partial charge >= 0.3 is 0 Å². The maximum absolute atomic E-state index is 12.9. The van der Waals surface area contributed by atoms with Gasteiger partial charge in [-0.05, 0) is 69.3 Å². The van der Waals surface area contributed by atoms with Gasteiger partial charge in [0.1, 0.15) is 5.75 Å². The molecule has 0 unspecified atom stereocenters. The molecule has 1 N–H and O–H groups in total. The van der Waals surface area contributed by atoms with Crippen LogP contribution in [0.4, 0.5) is 0 Å². The van der Waals surface area contributed by atoms with Crippen molar-refractivity contribution in [2.24, 2.45) is 5.92 Å². The molecule has 1 atom stereocenters. The average molecular weight is 384 g/mol. The third-order valence-electron chi connectivity index (χ3n) is 5.79. The maximum atomic E-state index is 12.9. The van der Waals surface area contributed by atoms with E-state index >= 15 is 0 Å². The highest BCUT2D eigenvalue weighted by atomic mass is 16.5. The van der Waals surface area contributed by atoms with Crippen LogP contribution in [0.15, 0.2) is 36.5 Å². The molecule has 0 spiro atoms. The maximum Gasteiger partial charge on any atom is 0.255 e. The fraction of sp³-hybridized carbons (Fsp3) is 0.522. The Kier molecular flexibility index (Phi) is 7.15. The molecule has 1 aliphatic heterocycles. The Morgan fingerprint density at radius 3 is 2.93 bits per heavy atom. The summed E-state index contributed by atoms with van der Waals surface area (Å²) in [6, 6.07) is 10.2. The van der Waals surface area contributed by atoms with Crippen LogP contribution in [0.1, 0.15) is 41.4 Å². The Bertz CT molecular complexity index is 771. The minimum absolute atomic E-state index is 0.148. The standard InChI is InChI=1S/C23H33N3O2/c1-4-26(23(27)22-10-12-24-18(22)2)17-20-8-6-13-25(16-20)14-11-19-7-5-9-21(15-19)28-3/h5,7,9-10,12,15,20,24H,4,6,8,11,13-14,16-17H2,1-3H3/t20-/m1/s1. The van der Waals surface area contributed by atoms with E-state index in [-0.39, 0.29) is 5.91 Å². The zero-order chi connectivity index (χ0) is 19.9. The lowest BCUT2D eigenvalue weighted by molar-refractivity contribution is 0.0690. The third kappa shape index (κ3) is 5.16. The van der Waals surface area contributed by atoms with Crippen LogP contribution in [0, 0.1) is 12.8 Å². The number of piperidine rings is 1. The van der Waals surface area contributed by atoms with Crippen LogP contribution in [0.5, 0.6) is 5.75 Å². The minimum Gasteiger partial charge on any atom is -0.497 e. The molecule has 1 saturated heterocycles. The Morgan fingerprint density at radius 1 is 1.36 bits per heavy atom. The molecule has 1 aromatic heterocycles. The van der Waals surface area contributed by atoms with E-state index in [1.54, 1.807) is 7.11 Å². The normalized spacial score (nSPS) is 17.5. The quantitative estimate of drug-likeness (QED) is 0.755. The van der Waals surface area contributed by atoms with Crippen LogP contribution >= 0.6 is 0 Å². The molecule has 28 heavy (non-hydrogen) atoms. The molecule has 5 heteroatoms. The first-order valence-electron chi connectivity index (χ1n) is 10.4. The van der Waals surface area contributed by atoms with Gasteiger partial charge in [0.25, 0.3) is 5.91 Å². The molecule has 1 fully saturated rings. The number of aromatic nitrogens is 1. The number of benzene rings is 1. The lowest BCUT2D eigenvalue weighted by atomic mass is 9.96. The van der Waals surface area contributed by atoms with E-state index in [0.717, 1.165) is 56.2 Å². The van der Waals surface area contributed by atoms with E-state index in [1.807, 2.05) is 30.2 Å². The average Bonchev–Trinajstić information content (AvgIpc) is 3.16. The van der Waals surface area contributed by atoms with Gasteiger partial charge in [-0.1, -0.05) is 12.1 Å². The summed E-state index contributed by atoms with van der Waals surface area (Å²) in [7, 11) is 1.71. The zero-order valence-electron chi connectivity index (χ0n) is 17.4. The van der Waals surface area contributed by atoms with Gasteiger partial charge in [0.05, 0.1) is 12.7 Å². The first kappa shape index (κ1) is 20.5. The van der Waals surface area contributed by atoms with Gasteiger partial charge in [-0.2, -0.15) is 0 Å². The van der Waals surface area contributed by atoms with E-state index in [4.69, 9.17) is 4.74 Å². The lowest BCUT2D eigenvalue weighted by Gasteiger charge is -2.35. The zero-order valence-corrected chi connectivity index (χ0v) is 17.4. The fourth-order valence-electron chi connectivity index (χ4n) is 4.14. The van der Waals surface area contributed by atoms with Crippen LogP contribution < -0.4 is 4.74 Å². The Hall–Kier alpha value is -2.27. The molecule has 0 aliphatic carbocycles. The smallest absolute Gasteiger partial charge is 0.255 e. The van der Waals surface area contributed by atoms with Crippen molar-refractivity contribution in [1.29, 1.82) is 0 Å². The molecule has 0 saturated carbocycles. The molecule has 1 aliphatic rings. The lowest BCUT2D eigenvalue weighted by Crippen LogP contribution is -2.43. The highest BCUT2D eigenvalue weighted by molar-refractivity contribution is 5.95. The predicted octanol–water partition coefficient (Wildman–Crippen LogP) is 3.75. The summed E-state index contributed by atoms with van der Waals surface area (Å²) in [6.07, 6.45) is 5.28. The number of methoxy groups -OCH3 is 1. The van der Waals surface area contributed by atoms with Crippen LogP contribution in [0.3, 0.4) is 0 Å². The monoisotopic (exact) mass is 383 g/mol. The van der Waals surface area contributed by atoms with E-state index in [9.17, 15) is 4.79 Å². The van der Waals surface area contributed by atoms with Crippen LogP contribution in [-0.2, 0) is 6.42 Å². The number of likely N-dealkylation sites (tertiary alicyclic amines) is 1. The molecule has 2 aromatic rings. The molecule has 1 aromatic carbocycles. The minimum atomic E-state index is 0.148. The number of amides is 1.